The molecule has 1 heterocycles. The minimum absolute atomic E-state index is 0.152. The van der Waals surface area contributed by atoms with Crippen molar-refractivity contribution in [1.82, 2.24) is 9.78 Å². The first-order valence-corrected chi connectivity index (χ1v) is 8.43. The summed E-state index contributed by atoms with van der Waals surface area (Å²) < 4.78 is 46.0. The van der Waals surface area contributed by atoms with E-state index in [1.165, 1.54) is 7.05 Å². The van der Waals surface area contributed by atoms with Gasteiger partial charge in [-0.05, 0) is 30.7 Å². The fourth-order valence-corrected chi connectivity index (χ4v) is 2.69. The molecule has 0 saturated heterocycles. The Kier molecular flexibility index (Phi) is 5.39. The van der Waals surface area contributed by atoms with Gasteiger partial charge >= 0.3 is 6.18 Å². The molecule has 146 valence electrons. The number of hydrogen-bond donors (Lipinski definition) is 1. The van der Waals surface area contributed by atoms with Crippen LogP contribution in [0.2, 0.25) is 0 Å². The summed E-state index contributed by atoms with van der Waals surface area (Å²) in [5, 5.41) is 5.89. The highest BCUT2D eigenvalue weighted by Gasteiger charge is 2.39. The third-order valence-electron chi connectivity index (χ3n) is 3.99. The largest absolute Gasteiger partial charge is 0.489 e. The van der Waals surface area contributed by atoms with E-state index in [9.17, 15) is 18.0 Å². The molecule has 0 aliphatic carbocycles. The van der Waals surface area contributed by atoms with Gasteiger partial charge in [0.25, 0.3) is 5.91 Å². The number of anilines is 1. The van der Waals surface area contributed by atoms with Crippen LogP contribution in [-0.4, -0.2) is 15.7 Å². The maximum atomic E-state index is 13.1. The molecular formula is C20H18F3N3O2. The van der Waals surface area contributed by atoms with Crippen LogP contribution < -0.4 is 10.1 Å². The third-order valence-corrected chi connectivity index (χ3v) is 3.99. The Morgan fingerprint density at radius 2 is 1.93 bits per heavy atom. The lowest BCUT2D eigenvalue weighted by Crippen LogP contribution is -2.18. The van der Waals surface area contributed by atoms with Crippen molar-refractivity contribution in [3.8, 4) is 5.75 Å². The molecule has 2 aromatic carbocycles. The number of nitrogens with one attached hydrogen (secondary N) is 1. The normalized spacial score (nSPS) is 11.3. The van der Waals surface area contributed by atoms with Gasteiger partial charge in [0.2, 0.25) is 0 Å². The molecule has 3 aromatic rings. The van der Waals surface area contributed by atoms with Gasteiger partial charge in [-0.15, -0.1) is 0 Å². The van der Waals surface area contributed by atoms with E-state index in [0.717, 1.165) is 16.4 Å². The Bertz CT molecular complexity index is 996. The minimum atomic E-state index is -4.72. The summed E-state index contributed by atoms with van der Waals surface area (Å²) in [6.45, 7) is 2.09. The first kappa shape index (κ1) is 19.5. The molecule has 0 atom stereocenters. The summed E-state index contributed by atoms with van der Waals surface area (Å²) >= 11 is 0. The summed E-state index contributed by atoms with van der Waals surface area (Å²) in [7, 11) is 1.33. The van der Waals surface area contributed by atoms with Crippen molar-refractivity contribution in [3.63, 3.8) is 0 Å². The Morgan fingerprint density at radius 3 is 2.64 bits per heavy atom. The second kappa shape index (κ2) is 7.75. The van der Waals surface area contributed by atoms with Crippen LogP contribution in [0.1, 0.15) is 27.2 Å². The predicted octanol–water partition coefficient (Wildman–Crippen LogP) is 4.58. The van der Waals surface area contributed by atoms with Gasteiger partial charge in [-0.1, -0.05) is 30.3 Å². The number of para-hydroxylation sites is 1. The number of carbonyl (C=O) groups is 1. The second-order valence-corrected chi connectivity index (χ2v) is 6.28. The maximum Gasteiger partial charge on any atom is 0.435 e. The standard InChI is InChI=1S/C20H18F3N3O2/c1-13-6-5-8-15(10-13)28-12-14-7-3-4-9-17(14)24-19(27)16-11-26(2)25-18(16)20(21,22)23/h3-11H,12H2,1-2H3,(H,24,27). The third kappa shape index (κ3) is 4.51. The van der Waals surface area contributed by atoms with Gasteiger partial charge < -0.3 is 10.1 Å². The number of halogens is 3. The Hall–Kier alpha value is -3.29. The molecule has 0 radical (unpaired) electrons. The topological polar surface area (TPSA) is 56.1 Å². The van der Waals surface area contributed by atoms with Crippen molar-refractivity contribution >= 4 is 11.6 Å². The number of carbonyl (C=O) groups excluding carboxylic acids is 1. The van der Waals surface area contributed by atoms with Gasteiger partial charge in [0.15, 0.2) is 5.69 Å². The van der Waals surface area contributed by atoms with Gasteiger partial charge in [0.05, 0.1) is 5.56 Å². The Balaban J connectivity index is 1.79. The molecule has 5 nitrogen and oxygen atoms in total. The molecule has 0 unspecified atom stereocenters. The maximum absolute atomic E-state index is 13.1. The lowest BCUT2D eigenvalue weighted by Gasteiger charge is -2.13. The van der Waals surface area contributed by atoms with E-state index >= 15 is 0 Å². The summed E-state index contributed by atoms with van der Waals surface area (Å²) in [6.07, 6.45) is -3.67. The quantitative estimate of drug-likeness (QED) is 0.695. The van der Waals surface area contributed by atoms with Crippen molar-refractivity contribution in [1.29, 1.82) is 0 Å². The second-order valence-electron chi connectivity index (χ2n) is 6.28. The molecule has 0 fully saturated rings. The predicted molar refractivity (Wildman–Crippen MR) is 98.1 cm³/mol. The van der Waals surface area contributed by atoms with Crippen LogP contribution in [0.5, 0.6) is 5.75 Å². The highest BCUT2D eigenvalue weighted by Crippen LogP contribution is 2.31. The lowest BCUT2D eigenvalue weighted by molar-refractivity contribution is -0.141. The summed E-state index contributed by atoms with van der Waals surface area (Å²) in [5.41, 5.74) is 0.285. The van der Waals surface area contributed by atoms with Crippen LogP contribution in [0.3, 0.4) is 0 Å². The summed E-state index contributed by atoms with van der Waals surface area (Å²) in [6, 6.07) is 14.3. The fraction of sp³-hybridized carbons (Fsp3) is 0.200. The lowest BCUT2D eigenvalue weighted by atomic mass is 10.1. The summed E-state index contributed by atoms with van der Waals surface area (Å²) in [4.78, 5) is 12.5. The zero-order valence-corrected chi connectivity index (χ0v) is 15.2. The number of amides is 1. The molecule has 0 saturated carbocycles. The van der Waals surface area contributed by atoms with Crippen molar-refractivity contribution in [2.45, 2.75) is 19.7 Å². The molecule has 0 aliphatic heterocycles. The van der Waals surface area contributed by atoms with E-state index in [-0.39, 0.29) is 6.61 Å². The molecule has 1 aromatic heterocycles. The molecular weight excluding hydrogens is 371 g/mol. The van der Waals surface area contributed by atoms with Gasteiger partial charge in [0.1, 0.15) is 12.4 Å². The molecule has 0 spiro atoms. The van der Waals surface area contributed by atoms with Crippen molar-refractivity contribution in [3.05, 3.63) is 77.1 Å². The average molecular weight is 389 g/mol. The molecule has 1 N–H and O–H groups in total. The number of rotatable bonds is 5. The first-order valence-electron chi connectivity index (χ1n) is 8.43. The number of aryl methyl sites for hydroxylation is 2. The fourth-order valence-electron chi connectivity index (χ4n) is 2.69. The molecule has 0 bridgehead atoms. The van der Waals surface area contributed by atoms with Crippen LogP contribution in [0.25, 0.3) is 0 Å². The van der Waals surface area contributed by atoms with E-state index in [0.29, 0.717) is 17.0 Å². The Labute approximate surface area is 159 Å². The van der Waals surface area contributed by atoms with E-state index in [1.54, 1.807) is 30.3 Å². The molecule has 1 amide bonds. The van der Waals surface area contributed by atoms with Crippen LogP contribution in [0.4, 0.5) is 18.9 Å². The number of aromatic nitrogens is 2. The first-order chi connectivity index (χ1) is 13.2. The molecule has 3 rings (SSSR count). The number of nitrogens with zero attached hydrogens (tertiary/aromatic N) is 2. The zero-order chi connectivity index (χ0) is 20.3. The van der Waals surface area contributed by atoms with E-state index in [2.05, 4.69) is 10.4 Å². The van der Waals surface area contributed by atoms with Gasteiger partial charge in [-0.2, -0.15) is 18.3 Å². The van der Waals surface area contributed by atoms with Crippen LogP contribution >= 0.6 is 0 Å². The van der Waals surface area contributed by atoms with Crippen molar-refractivity contribution < 1.29 is 22.7 Å². The zero-order valence-electron chi connectivity index (χ0n) is 15.2. The van der Waals surface area contributed by atoms with Gasteiger partial charge in [0, 0.05) is 24.5 Å². The smallest absolute Gasteiger partial charge is 0.435 e. The van der Waals surface area contributed by atoms with Crippen molar-refractivity contribution in [2.24, 2.45) is 7.05 Å². The highest BCUT2D eigenvalue weighted by atomic mass is 19.4. The Morgan fingerprint density at radius 1 is 1.18 bits per heavy atom. The number of hydrogen-bond acceptors (Lipinski definition) is 3. The monoisotopic (exact) mass is 389 g/mol. The van der Waals surface area contributed by atoms with Crippen LogP contribution in [0, 0.1) is 6.92 Å². The molecule has 28 heavy (non-hydrogen) atoms. The van der Waals surface area contributed by atoms with Gasteiger partial charge in [-0.25, -0.2) is 0 Å². The van der Waals surface area contributed by atoms with Crippen LogP contribution in [0.15, 0.2) is 54.7 Å². The summed E-state index contributed by atoms with van der Waals surface area (Å²) in [5.74, 6) is -0.226. The van der Waals surface area contributed by atoms with Gasteiger partial charge in [-0.3, -0.25) is 9.48 Å². The van der Waals surface area contributed by atoms with E-state index in [4.69, 9.17) is 4.74 Å². The SMILES string of the molecule is Cc1cccc(OCc2ccccc2NC(=O)c2cn(C)nc2C(F)(F)F)c1. The number of ether oxygens (including phenoxy) is 1. The number of alkyl halides is 3. The van der Waals surface area contributed by atoms with E-state index in [1.807, 2.05) is 25.1 Å². The van der Waals surface area contributed by atoms with E-state index < -0.39 is 23.3 Å². The molecule has 0 aliphatic rings. The average Bonchev–Trinajstić information content (AvgIpc) is 3.03. The number of benzene rings is 2. The minimum Gasteiger partial charge on any atom is -0.489 e. The van der Waals surface area contributed by atoms with Crippen molar-refractivity contribution in [2.75, 3.05) is 5.32 Å². The molecule has 8 heteroatoms. The van der Waals surface area contributed by atoms with Crippen LogP contribution in [-0.2, 0) is 19.8 Å². The highest BCUT2D eigenvalue weighted by molar-refractivity contribution is 6.05.